The lowest BCUT2D eigenvalue weighted by atomic mass is 9.95. The molecule has 1 amide bonds. The summed E-state index contributed by atoms with van der Waals surface area (Å²) in [5.41, 5.74) is 8.59. The Labute approximate surface area is 218 Å². The molecule has 0 aliphatic carbocycles. The van der Waals surface area contributed by atoms with Crippen LogP contribution in [0.2, 0.25) is 0 Å². The van der Waals surface area contributed by atoms with Gasteiger partial charge in [0.15, 0.2) is 5.65 Å². The summed E-state index contributed by atoms with van der Waals surface area (Å²) in [4.78, 5) is 30.1. The zero-order chi connectivity index (χ0) is 26.5. The van der Waals surface area contributed by atoms with E-state index in [2.05, 4.69) is 92.1 Å². The standard InChI is InChI=1S/C28H38N8O/c1-17(2)24-25(20-15-36-27(29-16-31-36)19(4)18(20)3)32-21-8-9-22(33-26(21)24)34-10-12-35(13-11-34)23(37)14-30-28(5,6)7/h8-9,15-17,30,32H,10-14H2,1-7H3. The summed E-state index contributed by atoms with van der Waals surface area (Å²) in [6.45, 7) is 18.2. The summed E-state index contributed by atoms with van der Waals surface area (Å²) in [6.07, 6.45) is 3.66. The second-order valence-electron chi connectivity index (χ2n) is 11.4. The molecule has 4 aromatic heterocycles. The van der Waals surface area contributed by atoms with Crippen LogP contribution in [0.5, 0.6) is 0 Å². The topological polar surface area (TPSA) is 94.5 Å². The van der Waals surface area contributed by atoms with E-state index in [4.69, 9.17) is 4.98 Å². The van der Waals surface area contributed by atoms with Crippen molar-refractivity contribution in [2.75, 3.05) is 37.6 Å². The number of pyridine rings is 2. The van der Waals surface area contributed by atoms with Crippen molar-refractivity contribution in [3.63, 3.8) is 0 Å². The number of aromatic nitrogens is 5. The summed E-state index contributed by atoms with van der Waals surface area (Å²) in [5, 5.41) is 7.69. The van der Waals surface area contributed by atoms with Gasteiger partial charge in [0.05, 0.1) is 23.3 Å². The number of nitrogens with zero attached hydrogens (tertiary/aromatic N) is 6. The highest BCUT2D eigenvalue weighted by Crippen LogP contribution is 2.38. The molecule has 1 aliphatic rings. The first kappa shape index (κ1) is 25.2. The highest BCUT2D eigenvalue weighted by Gasteiger charge is 2.25. The Bertz CT molecular complexity index is 1450. The first-order chi connectivity index (χ1) is 17.5. The molecule has 1 fully saturated rings. The van der Waals surface area contributed by atoms with Crippen molar-refractivity contribution < 1.29 is 4.79 Å². The number of rotatable bonds is 5. The molecule has 0 unspecified atom stereocenters. The van der Waals surface area contributed by atoms with E-state index in [1.807, 2.05) is 9.42 Å². The normalized spacial score (nSPS) is 14.9. The van der Waals surface area contributed by atoms with Crippen LogP contribution < -0.4 is 10.2 Å². The molecule has 0 radical (unpaired) electrons. The van der Waals surface area contributed by atoms with Crippen molar-refractivity contribution in [1.82, 2.24) is 34.8 Å². The summed E-state index contributed by atoms with van der Waals surface area (Å²) >= 11 is 0. The van der Waals surface area contributed by atoms with Gasteiger partial charge in [-0.2, -0.15) is 5.10 Å². The Morgan fingerprint density at radius 2 is 1.84 bits per heavy atom. The second kappa shape index (κ2) is 9.45. The summed E-state index contributed by atoms with van der Waals surface area (Å²) in [5.74, 6) is 1.40. The molecule has 2 N–H and O–H groups in total. The number of fused-ring (bicyclic) bond motifs is 2. The van der Waals surface area contributed by atoms with Gasteiger partial charge in [-0.3, -0.25) is 4.79 Å². The van der Waals surface area contributed by atoms with Gasteiger partial charge in [0, 0.05) is 49.0 Å². The van der Waals surface area contributed by atoms with Gasteiger partial charge >= 0.3 is 0 Å². The van der Waals surface area contributed by atoms with Crippen LogP contribution in [0.25, 0.3) is 27.9 Å². The lowest BCUT2D eigenvalue weighted by Gasteiger charge is -2.36. The SMILES string of the molecule is Cc1c(-c2[nH]c3ccc(N4CCN(C(=O)CNC(C)(C)C)CC4)nc3c2C(C)C)cn2ncnc2c1C. The fraction of sp³-hybridized carbons (Fsp3) is 0.500. The number of aromatic amines is 1. The van der Waals surface area contributed by atoms with E-state index in [1.165, 1.54) is 11.1 Å². The number of hydrogen-bond acceptors (Lipinski definition) is 6. The third-order valence-corrected chi connectivity index (χ3v) is 7.36. The molecule has 0 atom stereocenters. The minimum atomic E-state index is -0.0708. The van der Waals surface area contributed by atoms with Crippen LogP contribution in [0.4, 0.5) is 5.82 Å². The van der Waals surface area contributed by atoms with Gasteiger partial charge in [0.2, 0.25) is 5.91 Å². The van der Waals surface area contributed by atoms with E-state index in [1.54, 1.807) is 6.33 Å². The number of hydrogen-bond donors (Lipinski definition) is 2. The maximum atomic E-state index is 12.7. The third kappa shape index (κ3) is 4.80. The summed E-state index contributed by atoms with van der Waals surface area (Å²) in [6, 6.07) is 4.22. The number of piperazine rings is 1. The van der Waals surface area contributed by atoms with E-state index in [0.29, 0.717) is 19.6 Å². The molecule has 1 aliphatic heterocycles. The van der Waals surface area contributed by atoms with Crippen molar-refractivity contribution in [2.45, 2.75) is 59.9 Å². The van der Waals surface area contributed by atoms with Crippen LogP contribution in [0.3, 0.4) is 0 Å². The maximum Gasteiger partial charge on any atom is 0.236 e. The van der Waals surface area contributed by atoms with Gasteiger partial charge in [-0.05, 0) is 63.8 Å². The molecule has 0 spiro atoms. The molecule has 0 saturated carbocycles. The largest absolute Gasteiger partial charge is 0.353 e. The number of carbonyl (C=O) groups is 1. The summed E-state index contributed by atoms with van der Waals surface area (Å²) in [7, 11) is 0. The van der Waals surface area contributed by atoms with Crippen molar-refractivity contribution in [2.24, 2.45) is 0 Å². The molecule has 1 saturated heterocycles. The second-order valence-corrected chi connectivity index (χ2v) is 11.4. The molecule has 9 nitrogen and oxygen atoms in total. The molecule has 9 heteroatoms. The molecular formula is C28H38N8O. The quantitative estimate of drug-likeness (QED) is 0.428. The zero-order valence-corrected chi connectivity index (χ0v) is 23.0. The first-order valence-corrected chi connectivity index (χ1v) is 13.1. The molecule has 196 valence electrons. The fourth-order valence-electron chi connectivity index (χ4n) is 5.12. The maximum absolute atomic E-state index is 12.7. The molecule has 5 heterocycles. The highest BCUT2D eigenvalue weighted by molar-refractivity contribution is 5.90. The molecule has 4 aromatic rings. The van der Waals surface area contributed by atoms with Crippen LogP contribution in [-0.4, -0.2) is 73.6 Å². The van der Waals surface area contributed by atoms with Gasteiger partial charge in [-0.25, -0.2) is 14.5 Å². The van der Waals surface area contributed by atoms with Gasteiger partial charge in [-0.1, -0.05) is 13.8 Å². The Balaban J connectivity index is 1.43. The van der Waals surface area contributed by atoms with Crippen LogP contribution in [0, 0.1) is 13.8 Å². The Hall–Kier alpha value is -3.46. The minimum absolute atomic E-state index is 0.0708. The Kier molecular flexibility index (Phi) is 6.43. The van der Waals surface area contributed by atoms with Crippen molar-refractivity contribution in [1.29, 1.82) is 0 Å². The molecule has 0 bridgehead atoms. The number of carbonyl (C=O) groups excluding carboxylic acids is 1. The number of H-pyrrole nitrogens is 1. The predicted octanol–water partition coefficient (Wildman–Crippen LogP) is 4.05. The zero-order valence-electron chi connectivity index (χ0n) is 23.0. The lowest BCUT2D eigenvalue weighted by Crippen LogP contribution is -2.52. The Morgan fingerprint density at radius 1 is 1.11 bits per heavy atom. The van der Waals surface area contributed by atoms with E-state index in [9.17, 15) is 4.79 Å². The minimum Gasteiger partial charge on any atom is -0.353 e. The van der Waals surface area contributed by atoms with Crippen LogP contribution in [0.1, 0.15) is 57.2 Å². The summed E-state index contributed by atoms with van der Waals surface area (Å²) < 4.78 is 1.85. The number of aryl methyl sites for hydroxylation is 1. The predicted molar refractivity (Wildman–Crippen MR) is 148 cm³/mol. The van der Waals surface area contributed by atoms with E-state index < -0.39 is 0 Å². The Morgan fingerprint density at radius 3 is 2.51 bits per heavy atom. The fourth-order valence-corrected chi connectivity index (χ4v) is 5.12. The van der Waals surface area contributed by atoms with Crippen LogP contribution >= 0.6 is 0 Å². The molecular weight excluding hydrogens is 464 g/mol. The van der Waals surface area contributed by atoms with Crippen molar-refractivity contribution in [3.8, 4) is 11.3 Å². The first-order valence-electron chi connectivity index (χ1n) is 13.1. The monoisotopic (exact) mass is 502 g/mol. The van der Waals surface area contributed by atoms with Crippen molar-refractivity contribution >= 4 is 28.4 Å². The van der Waals surface area contributed by atoms with Gasteiger partial charge < -0.3 is 20.1 Å². The molecule has 5 rings (SSSR count). The number of amides is 1. The number of nitrogens with one attached hydrogen (secondary N) is 2. The van der Waals surface area contributed by atoms with Gasteiger partial charge in [0.1, 0.15) is 12.1 Å². The third-order valence-electron chi connectivity index (χ3n) is 7.36. The smallest absolute Gasteiger partial charge is 0.236 e. The average molecular weight is 503 g/mol. The lowest BCUT2D eigenvalue weighted by molar-refractivity contribution is -0.130. The van der Waals surface area contributed by atoms with E-state index >= 15 is 0 Å². The van der Waals surface area contributed by atoms with E-state index in [0.717, 1.165) is 52.4 Å². The average Bonchev–Trinajstić information content (AvgIpc) is 3.48. The molecule has 37 heavy (non-hydrogen) atoms. The van der Waals surface area contributed by atoms with Crippen LogP contribution in [-0.2, 0) is 4.79 Å². The van der Waals surface area contributed by atoms with Crippen LogP contribution in [0.15, 0.2) is 24.7 Å². The van der Waals surface area contributed by atoms with Gasteiger partial charge in [-0.15, -0.1) is 0 Å². The van der Waals surface area contributed by atoms with Crippen molar-refractivity contribution in [3.05, 3.63) is 41.3 Å². The number of anilines is 1. The molecule has 0 aromatic carbocycles. The highest BCUT2D eigenvalue weighted by atomic mass is 16.2. The van der Waals surface area contributed by atoms with E-state index in [-0.39, 0.29) is 17.4 Å². The van der Waals surface area contributed by atoms with Gasteiger partial charge in [0.25, 0.3) is 0 Å².